The average Bonchev–Trinajstić information content (AvgIpc) is 2.93. The number of carbonyl (C=O) groups is 2. The van der Waals surface area contributed by atoms with Gasteiger partial charge in [0.1, 0.15) is 11.9 Å². The molecule has 2 aliphatic heterocycles. The van der Waals surface area contributed by atoms with Crippen LogP contribution in [-0.2, 0) is 4.79 Å². The molecular formula is C22H25FN4O2. The molecule has 7 heteroatoms. The Kier molecular flexibility index (Phi) is 5.24. The summed E-state index contributed by atoms with van der Waals surface area (Å²) in [6.45, 7) is 7.33. The van der Waals surface area contributed by atoms with Gasteiger partial charge < -0.3 is 4.90 Å². The molecule has 2 fully saturated rings. The Morgan fingerprint density at radius 2 is 1.62 bits per heavy atom. The molecule has 2 aromatic rings. The predicted molar refractivity (Wildman–Crippen MR) is 110 cm³/mol. The topological polar surface area (TPSA) is 47.1 Å². The molecule has 0 spiro atoms. The molecule has 0 bridgehead atoms. The molecule has 4 rings (SSSR count). The summed E-state index contributed by atoms with van der Waals surface area (Å²) in [6.07, 6.45) is 0. The number of benzene rings is 2. The lowest BCUT2D eigenvalue weighted by Crippen LogP contribution is -2.51. The zero-order valence-corrected chi connectivity index (χ0v) is 16.7. The van der Waals surface area contributed by atoms with Crippen molar-refractivity contribution in [2.24, 2.45) is 0 Å². The molecule has 2 heterocycles. The molecule has 2 aromatic carbocycles. The van der Waals surface area contributed by atoms with E-state index in [2.05, 4.69) is 28.9 Å². The van der Waals surface area contributed by atoms with Gasteiger partial charge in [0.2, 0.25) is 0 Å². The van der Waals surface area contributed by atoms with E-state index in [0.717, 1.165) is 26.2 Å². The van der Waals surface area contributed by atoms with Crippen molar-refractivity contribution in [3.63, 3.8) is 0 Å². The number of piperazine rings is 1. The Balaban J connectivity index is 1.41. The number of urea groups is 1. The van der Waals surface area contributed by atoms with Crippen molar-refractivity contribution < 1.29 is 14.0 Å². The van der Waals surface area contributed by atoms with Gasteiger partial charge in [-0.15, -0.1) is 0 Å². The molecular weight excluding hydrogens is 371 g/mol. The smallest absolute Gasteiger partial charge is 0.333 e. The highest BCUT2D eigenvalue weighted by molar-refractivity contribution is 6.14. The minimum absolute atomic E-state index is 0.222. The van der Waals surface area contributed by atoms with Crippen molar-refractivity contribution in [1.82, 2.24) is 9.80 Å². The van der Waals surface area contributed by atoms with E-state index in [-0.39, 0.29) is 24.4 Å². The van der Waals surface area contributed by atoms with Crippen LogP contribution in [0.5, 0.6) is 0 Å². The number of para-hydroxylation sites is 1. The van der Waals surface area contributed by atoms with E-state index < -0.39 is 6.04 Å². The Bertz CT molecular complexity index is 909. The van der Waals surface area contributed by atoms with Crippen LogP contribution in [0.25, 0.3) is 0 Å². The summed E-state index contributed by atoms with van der Waals surface area (Å²) in [4.78, 5) is 32.8. The third-order valence-electron chi connectivity index (χ3n) is 5.72. The molecule has 0 saturated carbocycles. The minimum atomic E-state index is -0.596. The Morgan fingerprint density at radius 1 is 0.966 bits per heavy atom. The number of rotatable bonds is 4. The molecule has 3 amide bonds. The van der Waals surface area contributed by atoms with Gasteiger partial charge in [-0.25, -0.2) is 14.1 Å². The standard InChI is InChI=1S/C22H25FN4O2/c1-16-5-3-4-6-20(16)25-13-11-24(12-14-25)15-26-21(28)17(2)27(22(26)29)19-9-7-18(23)8-10-19/h3-10,17H,11-15H2,1-2H3/t17-/m1/s1. The molecule has 2 aliphatic rings. The van der Waals surface area contributed by atoms with Gasteiger partial charge in [-0.1, -0.05) is 18.2 Å². The molecule has 29 heavy (non-hydrogen) atoms. The average molecular weight is 396 g/mol. The van der Waals surface area contributed by atoms with Gasteiger partial charge in [0.15, 0.2) is 0 Å². The maximum atomic E-state index is 13.2. The minimum Gasteiger partial charge on any atom is -0.369 e. The molecule has 0 radical (unpaired) electrons. The van der Waals surface area contributed by atoms with Gasteiger partial charge in [-0.2, -0.15) is 0 Å². The van der Waals surface area contributed by atoms with E-state index in [1.165, 1.54) is 45.3 Å². The first kappa shape index (κ1) is 19.4. The third-order valence-corrected chi connectivity index (χ3v) is 5.72. The Hall–Kier alpha value is -2.93. The van der Waals surface area contributed by atoms with E-state index in [1.54, 1.807) is 6.92 Å². The Labute approximate surface area is 170 Å². The lowest BCUT2D eigenvalue weighted by Gasteiger charge is -2.37. The lowest BCUT2D eigenvalue weighted by atomic mass is 10.1. The first-order valence-corrected chi connectivity index (χ1v) is 9.89. The van der Waals surface area contributed by atoms with Crippen LogP contribution < -0.4 is 9.80 Å². The van der Waals surface area contributed by atoms with E-state index in [4.69, 9.17) is 0 Å². The summed E-state index contributed by atoms with van der Waals surface area (Å²) in [7, 11) is 0. The number of hydrogen-bond donors (Lipinski definition) is 0. The highest BCUT2D eigenvalue weighted by atomic mass is 19.1. The van der Waals surface area contributed by atoms with Gasteiger partial charge in [0, 0.05) is 37.6 Å². The molecule has 0 unspecified atom stereocenters. The summed E-state index contributed by atoms with van der Waals surface area (Å²) in [5, 5.41) is 0. The van der Waals surface area contributed by atoms with Gasteiger partial charge in [0.25, 0.3) is 5.91 Å². The number of amides is 3. The van der Waals surface area contributed by atoms with Crippen molar-refractivity contribution in [2.45, 2.75) is 19.9 Å². The zero-order valence-electron chi connectivity index (χ0n) is 16.7. The number of aryl methyl sites for hydroxylation is 1. The summed E-state index contributed by atoms with van der Waals surface area (Å²) >= 11 is 0. The molecule has 6 nitrogen and oxygen atoms in total. The second-order valence-electron chi connectivity index (χ2n) is 7.60. The predicted octanol–water partition coefficient (Wildman–Crippen LogP) is 3.07. The van der Waals surface area contributed by atoms with Crippen LogP contribution >= 0.6 is 0 Å². The van der Waals surface area contributed by atoms with Crippen molar-refractivity contribution in [2.75, 3.05) is 42.6 Å². The monoisotopic (exact) mass is 396 g/mol. The highest BCUT2D eigenvalue weighted by Crippen LogP contribution is 2.27. The molecule has 0 aliphatic carbocycles. The van der Waals surface area contributed by atoms with Crippen LogP contribution in [0.1, 0.15) is 12.5 Å². The van der Waals surface area contributed by atoms with Crippen LogP contribution in [0.3, 0.4) is 0 Å². The van der Waals surface area contributed by atoms with Gasteiger partial charge >= 0.3 is 6.03 Å². The van der Waals surface area contributed by atoms with Crippen LogP contribution in [0.15, 0.2) is 48.5 Å². The fourth-order valence-corrected chi connectivity index (χ4v) is 4.04. The number of halogens is 1. The van der Waals surface area contributed by atoms with Crippen LogP contribution in [-0.4, -0.2) is 60.6 Å². The largest absolute Gasteiger partial charge is 0.369 e. The maximum absolute atomic E-state index is 13.2. The molecule has 2 saturated heterocycles. The van der Waals surface area contributed by atoms with Gasteiger partial charge in [-0.05, 0) is 49.7 Å². The highest BCUT2D eigenvalue weighted by Gasteiger charge is 2.44. The fraction of sp³-hybridized carbons (Fsp3) is 0.364. The second-order valence-corrected chi connectivity index (χ2v) is 7.60. The first-order valence-electron chi connectivity index (χ1n) is 9.89. The van der Waals surface area contributed by atoms with Gasteiger partial charge in [0.05, 0.1) is 6.67 Å². The van der Waals surface area contributed by atoms with Gasteiger partial charge in [-0.3, -0.25) is 14.6 Å². The third kappa shape index (κ3) is 3.70. The number of anilines is 2. The van der Waals surface area contributed by atoms with Crippen molar-refractivity contribution in [3.05, 3.63) is 59.9 Å². The SMILES string of the molecule is Cc1ccccc1N1CCN(CN2C(=O)[C@@H](C)N(c3ccc(F)cc3)C2=O)CC1. The summed E-state index contributed by atoms with van der Waals surface area (Å²) in [6, 6.07) is 13.0. The van der Waals surface area contributed by atoms with Crippen molar-refractivity contribution in [3.8, 4) is 0 Å². The van der Waals surface area contributed by atoms with Crippen LogP contribution in [0.2, 0.25) is 0 Å². The summed E-state index contributed by atoms with van der Waals surface area (Å²) in [5.74, 6) is -0.594. The van der Waals surface area contributed by atoms with Crippen LogP contribution in [0.4, 0.5) is 20.6 Å². The van der Waals surface area contributed by atoms with E-state index >= 15 is 0 Å². The molecule has 0 N–H and O–H groups in total. The first-order chi connectivity index (χ1) is 14.0. The quantitative estimate of drug-likeness (QED) is 0.746. The maximum Gasteiger partial charge on any atom is 0.333 e. The summed E-state index contributed by atoms with van der Waals surface area (Å²) in [5.41, 5.74) is 3.01. The van der Waals surface area contributed by atoms with Crippen LogP contribution in [0, 0.1) is 12.7 Å². The molecule has 0 aromatic heterocycles. The normalized spacial score (nSPS) is 20.7. The number of nitrogens with zero attached hydrogens (tertiary/aromatic N) is 4. The molecule has 1 atom stereocenters. The lowest BCUT2D eigenvalue weighted by molar-refractivity contribution is -0.128. The number of hydrogen-bond acceptors (Lipinski definition) is 4. The Morgan fingerprint density at radius 3 is 2.28 bits per heavy atom. The molecule has 152 valence electrons. The van der Waals surface area contributed by atoms with Crippen molar-refractivity contribution >= 4 is 23.3 Å². The summed E-state index contributed by atoms with van der Waals surface area (Å²) < 4.78 is 13.2. The number of imide groups is 1. The fourth-order valence-electron chi connectivity index (χ4n) is 4.04. The zero-order chi connectivity index (χ0) is 20.5. The van der Waals surface area contributed by atoms with E-state index in [9.17, 15) is 14.0 Å². The second kappa shape index (κ2) is 7.83. The number of carbonyl (C=O) groups excluding carboxylic acids is 2. The van der Waals surface area contributed by atoms with E-state index in [1.807, 2.05) is 12.1 Å². The van der Waals surface area contributed by atoms with Crippen molar-refractivity contribution in [1.29, 1.82) is 0 Å². The van der Waals surface area contributed by atoms with E-state index in [0.29, 0.717) is 5.69 Å².